The predicted molar refractivity (Wildman–Crippen MR) is 128 cm³/mol. The second-order valence-corrected chi connectivity index (χ2v) is 7.94. The third-order valence-electron chi connectivity index (χ3n) is 5.91. The summed E-state index contributed by atoms with van der Waals surface area (Å²) in [7, 11) is 1.63. The number of aromatic nitrogens is 1. The highest BCUT2D eigenvalue weighted by Gasteiger charge is 2.22. The molecule has 0 radical (unpaired) electrons. The van der Waals surface area contributed by atoms with Crippen LogP contribution in [0.3, 0.4) is 0 Å². The summed E-state index contributed by atoms with van der Waals surface area (Å²) in [4.78, 5) is 12.3. The molecule has 0 saturated carbocycles. The molecule has 0 bridgehead atoms. The molecule has 1 heterocycles. The average molecular weight is 429 g/mol. The van der Waals surface area contributed by atoms with E-state index in [0.29, 0.717) is 18.8 Å². The molecule has 32 heavy (non-hydrogen) atoms. The Bertz CT molecular complexity index is 1230. The Morgan fingerprint density at radius 1 is 1.00 bits per heavy atom. The van der Waals surface area contributed by atoms with Gasteiger partial charge in [0.2, 0.25) is 0 Å². The van der Waals surface area contributed by atoms with E-state index >= 15 is 0 Å². The molecule has 0 unspecified atom stereocenters. The second kappa shape index (κ2) is 9.71. The first-order chi connectivity index (χ1) is 15.6. The lowest BCUT2D eigenvalue weighted by molar-refractivity contribution is 0.0684. The lowest BCUT2D eigenvalue weighted by Gasteiger charge is -2.11. The molecule has 0 fully saturated rings. The molecule has 5 nitrogen and oxygen atoms in total. The predicted octanol–water partition coefficient (Wildman–Crippen LogP) is 5.04. The van der Waals surface area contributed by atoms with Gasteiger partial charge in [0.1, 0.15) is 11.4 Å². The van der Waals surface area contributed by atoms with Crippen molar-refractivity contribution in [1.29, 1.82) is 0 Å². The van der Waals surface area contributed by atoms with Crippen molar-refractivity contribution < 1.29 is 14.6 Å². The largest absolute Gasteiger partial charge is 0.497 e. The third-order valence-corrected chi connectivity index (χ3v) is 5.91. The van der Waals surface area contributed by atoms with E-state index in [1.54, 1.807) is 7.11 Å². The van der Waals surface area contributed by atoms with Crippen LogP contribution in [0.1, 0.15) is 32.7 Å². The number of ether oxygens (including phenoxy) is 1. The molecule has 4 aromatic rings. The summed E-state index contributed by atoms with van der Waals surface area (Å²) >= 11 is 0. The van der Waals surface area contributed by atoms with Gasteiger partial charge < -0.3 is 19.7 Å². The summed E-state index contributed by atoms with van der Waals surface area (Å²) in [5.74, 6) is -0.131. The highest BCUT2D eigenvalue weighted by molar-refractivity contribution is 5.98. The minimum atomic E-state index is -0.912. The molecular weight excluding hydrogens is 400 g/mol. The molecule has 164 valence electrons. The number of carboxylic acid groups (broad SMARTS) is 1. The van der Waals surface area contributed by atoms with Crippen LogP contribution in [0.25, 0.3) is 10.9 Å². The van der Waals surface area contributed by atoms with Crippen LogP contribution in [-0.4, -0.2) is 29.3 Å². The van der Waals surface area contributed by atoms with Gasteiger partial charge in [-0.15, -0.1) is 0 Å². The van der Waals surface area contributed by atoms with E-state index in [0.717, 1.165) is 40.7 Å². The van der Waals surface area contributed by atoms with Crippen LogP contribution < -0.4 is 10.1 Å². The fourth-order valence-corrected chi connectivity index (χ4v) is 4.20. The van der Waals surface area contributed by atoms with Crippen molar-refractivity contribution in [3.05, 3.63) is 101 Å². The van der Waals surface area contributed by atoms with Gasteiger partial charge in [-0.05, 0) is 54.8 Å². The number of para-hydroxylation sites is 1. The van der Waals surface area contributed by atoms with Crippen molar-refractivity contribution in [1.82, 2.24) is 9.88 Å². The fraction of sp³-hybridized carbons (Fsp3) is 0.222. The zero-order chi connectivity index (χ0) is 22.5. The van der Waals surface area contributed by atoms with E-state index in [-0.39, 0.29) is 0 Å². The smallest absolute Gasteiger partial charge is 0.352 e. The molecule has 0 spiro atoms. The SMILES string of the molecule is COc1ccc(Cn2c(C(=O)O)c(CNCCc3ccccc3C)c3ccccc32)cc1. The van der Waals surface area contributed by atoms with Crippen molar-refractivity contribution in [3.8, 4) is 5.75 Å². The number of carbonyl (C=O) groups is 1. The highest BCUT2D eigenvalue weighted by Crippen LogP contribution is 2.28. The van der Waals surface area contributed by atoms with Gasteiger partial charge in [-0.1, -0.05) is 54.6 Å². The van der Waals surface area contributed by atoms with Crippen molar-refractivity contribution in [2.45, 2.75) is 26.4 Å². The summed E-state index contributed by atoms with van der Waals surface area (Å²) in [6, 6.07) is 24.0. The molecule has 0 aliphatic rings. The van der Waals surface area contributed by atoms with Crippen LogP contribution in [-0.2, 0) is 19.5 Å². The van der Waals surface area contributed by atoms with E-state index < -0.39 is 5.97 Å². The maximum Gasteiger partial charge on any atom is 0.352 e. The number of rotatable bonds is 9. The molecular formula is C27H28N2O3. The van der Waals surface area contributed by atoms with Crippen molar-refractivity contribution in [3.63, 3.8) is 0 Å². The number of aryl methyl sites for hydroxylation is 1. The van der Waals surface area contributed by atoms with Crippen LogP contribution in [0, 0.1) is 6.92 Å². The summed E-state index contributed by atoms with van der Waals surface area (Å²) in [5.41, 5.74) is 5.69. The summed E-state index contributed by atoms with van der Waals surface area (Å²) < 4.78 is 7.14. The zero-order valence-corrected chi connectivity index (χ0v) is 18.5. The first-order valence-corrected chi connectivity index (χ1v) is 10.8. The van der Waals surface area contributed by atoms with Gasteiger partial charge in [0.15, 0.2) is 0 Å². The molecule has 4 rings (SSSR count). The van der Waals surface area contributed by atoms with Gasteiger partial charge in [0.05, 0.1) is 7.11 Å². The lowest BCUT2D eigenvalue weighted by atomic mass is 10.1. The molecule has 5 heteroatoms. The maximum atomic E-state index is 12.3. The van der Waals surface area contributed by atoms with Gasteiger partial charge >= 0.3 is 5.97 Å². The second-order valence-electron chi connectivity index (χ2n) is 7.94. The molecule has 0 amide bonds. The minimum Gasteiger partial charge on any atom is -0.497 e. The topological polar surface area (TPSA) is 63.5 Å². The fourth-order valence-electron chi connectivity index (χ4n) is 4.20. The number of hydrogen-bond donors (Lipinski definition) is 2. The molecule has 1 aromatic heterocycles. The molecule has 0 atom stereocenters. The van der Waals surface area contributed by atoms with E-state index in [1.165, 1.54) is 11.1 Å². The monoisotopic (exact) mass is 428 g/mol. The van der Waals surface area contributed by atoms with Gasteiger partial charge in [-0.3, -0.25) is 0 Å². The van der Waals surface area contributed by atoms with Crippen molar-refractivity contribution >= 4 is 16.9 Å². The number of nitrogens with zero attached hydrogens (tertiary/aromatic N) is 1. The number of fused-ring (bicyclic) bond motifs is 1. The van der Waals surface area contributed by atoms with Crippen LogP contribution in [0.5, 0.6) is 5.75 Å². The van der Waals surface area contributed by atoms with Crippen LogP contribution >= 0.6 is 0 Å². The van der Waals surface area contributed by atoms with Crippen molar-refractivity contribution in [2.24, 2.45) is 0 Å². The van der Waals surface area contributed by atoms with Gasteiger partial charge in [0.25, 0.3) is 0 Å². The number of methoxy groups -OCH3 is 1. The maximum absolute atomic E-state index is 12.3. The highest BCUT2D eigenvalue weighted by atomic mass is 16.5. The van der Waals surface area contributed by atoms with E-state index in [2.05, 4.69) is 30.4 Å². The summed E-state index contributed by atoms with van der Waals surface area (Å²) in [6.07, 6.45) is 0.902. The molecule has 0 aliphatic carbocycles. The molecule has 0 saturated heterocycles. The Kier molecular flexibility index (Phi) is 6.57. The van der Waals surface area contributed by atoms with Gasteiger partial charge in [-0.2, -0.15) is 0 Å². The normalized spacial score (nSPS) is 11.1. The number of aromatic carboxylic acids is 1. The van der Waals surface area contributed by atoms with E-state index in [1.807, 2.05) is 59.2 Å². The Morgan fingerprint density at radius 2 is 1.72 bits per heavy atom. The number of nitrogens with one attached hydrogen (secondary N) is 1. The molecule has 3 aromatic carbocycles. The Labute approximate surface area is 188 Å². The lowest BCUT2D eigenvalue weighted by Crippen LogP contribution is -2.19. The molecule has 2 N–H and O–H groups in total. The average Bonchev–Trinajstić information content (AvgIpc) is 3.12. The quantitative estimate of drug-likeness (QED) is 0.367. The van der Waals surface area contributed by atoms with E-state index in [9.17, 15) is 9.90 Å². The standard InChI is InChI=1S/C27H28N2O3/c1-19-7-3-4-8-21(19)15-16-28-17-24-23-9-5-6-10-25(23)29(26(24)27(30)31)18-20-11-13-22(32-2)14-12-20/h3-14,28H,15-18H2,1-2H3,(H,30,31). The van der Waals surface area contributed by atoms with Crippen LogP contribution in [0.4, 0.5) is 0 Å². The summed E-state index contributed by atoms with van der Waals surface area (Å²) in [5, 5.41) is 14.5. The number of benzene rings is 3. The Hall–Kier alpha value is -3.57. The minimum absolute atomic E-state index is 0.338. The first-order valence-electron chi connectivity index (χ1n) is 10.8. The Morgan fingerprint density at radius 3 is 2.44 bits per heavy atom. The number of hydrogen-bond acceptors (Lipinski definition) is 3. The van der Waals surface area contributed by atoms with Crippen molar-refractivity contribution in [2.75, 3.05) is 13.7 Å². The van der Waals surface area contributed by atoms with Crippen LogP contribution in [0.15, 0.2) is 72.8 Å². The van der Waals surface area contributed by atoms with Gasteiger partial charge in [-0.25, -0.2) is 4.79 Å². The summed E-state index contributed by atoms with van der Waals surface area (Å²) in [6.45, 7) is 3.88. The Balaban J connectivity index is 1.61. The zero-order valence-electron chi connectivity index (χ0n) is 18.5. The van der Waals surface area contributed by atoms with E-state index in [4.69, 9.17) is 4.74 Å². The third kappa shape index (κ3) is 4.53. The van der Waals surface area contributed by atoms with Crippen LogP contribution in [0.2, 0.25) is 0 Å². The molecule has 0 aliphatic heterocycles. The first kappa shape index (κ1) is 21.7. The number of carboxylic acids is 1. The van der Waals surface area contributed by atoms with Gasteiger partial charge in [0, 0.05) is 29.6 Å².